The Morgan fingerprint density at radius 2 is 1.68 bits per heavy atom. The Morgan fingerprint density at radius 1 is 0.973 bits per heavy atom. The lowest BCUT2D eigenvalue weighted by molar-refractivity contribution is 0.667. The Labute approximate surface area is 211 Å². The minimum atomic E-state index is -0.605. The van der Waals surface area contributed by atoms with E-state index in [0.29, 0.717) is 28.3 Å². The normalized spacial score (nSPS) is 14.1. The van der Waals surface area contributed by atoms with Crippen molar-refractivity contribution in [3.63, 3.8) is 0 Å². The molecule has 3 aromatic heterocycles. The molecule has 0 radical (unpaired) electrons. The van der Waals surface area contributed by atoms with E-state index in [9.17, 15) is 14.9 Å². The molecule has 0 saturated carbocycles. The third-order valence-electron chi connectivity index (χ3n) is 7.19. The van der Waals surface area contributed by atoms with Gasteiger partial charge in [0.1, 0.15) is 29.1 Å². The zero-order chi connectivity index (χ0) is 26.0. The fourth-order valence-electron chi connectivity index (χ4n) is 5.44. The first-order valence-corrected chi connectivity index (χ1v) is 11.7. The first-order chi connectivity index (χ1) is 17.8. The molecule has 1 atom stereocenters. The predicted octanol–water partition coefficient (Wildman–Crippen LogP) is 3.33. The van der Waals surface area contributed by atoms with Gasteiger partial charge in [-0.25, -0.2) is 9.78 Å². The first-order valence-electron chi connectivity index (χ1n) is 11.7. The summed E-state index contributed by atoms with van der Waals surface area (Å²) in [6, 6.07) is 19.8. The summed E-state index contributed by atoms with van der Waals surface area (Å²) in [6.45, 7) is 0. The molecule has 0 bridgehead atoms. The number of aryl methyl sites for hydroxylation is 1. The summed E-state index contributed by atoms with van der Waals surface area (Å²) >= 11 is 0. The Balaban J connectivity index is 1.82. The molecular formula is C28H23N7O2. The van der Waals surface area contributed by atoms with Crippen molar-refractivity contribution in [3.8, 4) is 17.2 Å². The summed E-state index contributed by atoms with van der Waals surface area (Å²) in [4.78, 5) is 31.0. The van der Waals surface area contributed by atoms with Crippen LogP contribution in [0.25, 0.3) is 22.0 Å². The van der Waals surface area contributed by atoms with Crippen LogP contribution in [0, 0.1) is 11.3 Å². The molecular weight excluding hydrogens is 466 g/mol. The van der Waals surface area contributed by atoms with Crippen molar-refractivity contribution >= 4 is 28.4 Å². The number of benzene rings is 2. The second kappa shape index (κ2) is 7.96. The number of nitrogens with two attached hydrogens (primary N) is 1. The third-order valence-corrected chi connectivity index (χ3v) is 7.19. The van der Waals surface area contributed by atoms with E-state index in [-0.39, 0.29) is 11.4 Å². The molecule has 0 saturated heterocycles. The van der Waals surface area contributed by atoms with Crippen LogP contribution >= 0.6 is 0 Å². The van der Waals surface area contributed by atoms with Crippen molar-refractivity contribution < 1.29 is 0 Å². The van der Waals surface area contributed by atoms with E-state index in [0.717, 1.165) is 26.6 Å². The van der Waals surface area contributed by atoms with E-state index in [4.69, 9.17) is 5.73 Å². The number of hydrogen-bond donors (Lipinski definition) is 2. The summed E-state index contributed by atoms with van der Waals surface area (Å²) in [5.74, 6) is 0.229. The van der Waals surface area contributed by atoms with Crippen LogP contribution in [0.4, 0.5) is 17.5 Å². The number of pyridine rings is 1. The van der Waals surface area contributed by atoms with Gasteiger partial charge in [0.05, 0.1) is 5.56 Å². The number of rotatable bonds is 2. The SMILES string of the molecule is Cn1c2c(c(=O)n(C)c1=O)C(c1ccccc1)c1c(nc(N)c(C#N)c1-c1cn(C)c3ccccc13)N2. The molecule has 182 valence electrons. The summed E-state index contributed by atoms with van der Waals surface area (Å²) in [5.41, 5.74) is 10.0. The summed E-state index contributed by atoms with van der Waals surface area (Å²) in [6.07, 6.45) is 1.97. The highest BCUT2D eigenvalue weighted by Gasteiger charge is 2.37. The Bertz CT molecular complexity index is 1910. The van der Waals surface area contributed by atoms with Crippen molar-refractivity contribution in [2.24, 2.45) is 21.1 Å². The molecule has 0 aliphatic carbocycles. The van der Waals surface area contributed by atoms with Crippen molar-refractivity contribution in [2.45, 2.75) is 5.92 Å². The zero-order valence-electron chi connectivity index (χ0n) is 20.5. The van der Waals surface area contributed by atoms with Crippen molar-refractivity contribution in [2.75, 3.05) is 11.1 Å². The fraction of sp³-hybridized carbons (Fsp3) is 0.143. The van der Waals surface area contributed by atoms with Crippen LogP contribution in [-0.4, -0.2) is 18.7 Å². The van der Waals surface area contributed by atoms with E-state index >= 15 is 0 Å². The van der Waals surface area contributed by atoms with Gasteiger partial charge in [-0.15, -0.1) is 0 Å². The summed E-state index contributed by atoms with van der Waals surface area (Å²) in [7, 11) is 5.03. The summed E-state index contributed by atoms with van der Waals surface area (Å²) in [5, 5.41) is 14.4. The van der Waals surface area contributed by atoms with E-state index in [1.54, 1.807) is 7.05 Å². The molecule has 1 aliphatic rings. The molecule has 0 fully saturated rings. The number of nitrogens with zero attached hydrogens (tertiary/aromatic N) is 5. The maximum Gasteiger partial charge on any atom is 0.332 e. The molecule has 3 N–H and O–H groups in total. The number of para-hydroxylation sites is 1. The average Bonchev–Trinajstić information content (AvgIpc) is 3.25. The monoisotopic (exact) mass is 489 g/mol. The van der Waals surface area contributed by atoms with Crippen molar-refractivity contribution in [3.05, 3.63) is 104 Å². The Hall–Kier alpha value is -5.10. The molecule has 4 heterocycles. The quantitative estimate of drug-likeness (QED) is 0.385. The van der Waals surface area contributed by atoms with Crippen molar-refractivity contribution in [1.82, 2.24) is 18.7 Å². The average molecular weight is 490 g/mol. The van der Waals surface area contributed by atoms with E-state index in [1.165, 1.54) is 11.6 Å². The standard InChI is InChI=1S/C28H23N7O2/c1-33-14-18(16-11-7-8-12-19(16)33)21-17(13-29)24(30)31-25-22(21)20(15-9-5-4-6-10-15)23-26(32-25)34(2)28(37)35(3)27(23)36/h4-12,14,20H,1-3H3,(H3,30,31,32). The van der Waals surface area contributed by atoms with E-state index < -0.39 is 17.2 Å². The highest BCUT2D eigenvalue weighted by Crippen LogP contribution is 2.49. The second-order valence-corrected chi connectivity index (χ2v) is 9.23. The maximum atomic E-state index is 13.7. The molecule has 9 heteroatoms. The van der Waals surface area contributed by atoms with E-state index in [2.05, 4.69) is 16.4 Å². The van der Waals surface area contributed by atoms with Crippen LogP contribution in [0.2, 0.25) is 0 Å². The van der Waals surface area contributed by atoms with Gasteiger partial charge >= 0.3 is 5.69 Å². The smallest absolute Gasteiger partial charge is 0.332 e. The van der Waals surface area contributed by atoms with Gasteiger partial charge in [-0.3, -0.25) is 13.9 Å². The zero-order valence-corrected chi connectivity index (χ0v) is 20.5. The molecule has 1 aliphatic heterocycles. The lowest BCUT2D eigenvalue weighted by Crippen LogP contribution is -2.42. The predicted molar refractivity (Wildman–Crippen MR) is 143 cm³/mol. The van der Waals surface area contributed by atoms with Crippen LogP contribution in [0.1, 0.15) is 28.2 Å². The molecule has 9 nitrogen and oxygen atoms in total. The number of anilines is 3. The molecule has 2 aromatic carbocycles. The van der Waals surface area contributed by atoms with Crippen molar-refractivity contribution in [1.29, 1.82) is 5.26 Å². The number of nitriles is 1. The largest absolute Gasteiger partial charge is 0.383 e. The van der Waals surface area contributed by atoms with Crippen LogP contribution in [0.5, 0.6) is 0 Å². The van der Waals surface area contributed by atoms with Gasteiger partial charge in [-0.05, 0) is 11.6 Å². The number of nitrogen functional groups attached to an aromatic ring is 1. The topological polar surface area (TPSA) is 124 Å². The van der Waals surface area contributed by atoms with Crippen LogP contribution in [0.15, 0.2) is 70.4 Å². The number of nitrogens with one attached hydrogen (secondary N) is 1. The highest BCUT2D eigenvalue weighted by molar-refractivity contribution is 6.01. The molecule has 6 rings (SSSR count). The molecule has 5 aromatic rings. The van der Waals surface area contributed by atoms with Gasteiger partial charge in [0, 0.05) is 60.9 Å². The number of hydrogen-bond acceptors (Lipinski definition) is 6. The minimum absolute atomic E-state index is 0.0702. The molecule has 1 unspecified atom stereocenters. The van der Waals surface area contributed by atoms with Crippen LogP contribution < -0.4 is 22.3 Å². The third kappa shape index (κ3) is 3.06. The second-order valence-electron chi connectivity index (χ2n) is 9.23. The lowest BCUT2D eigenvalue weighted by atomic mass is 9.79. The summed E-state index contributed by atoms with van der Waals surface area (Å²) < 4.78 is 4.51. The fourth-order valence-corrected chi connectivity index (χ4v) is 5.44. The number of fused-ring (bicyclic) bond motifs is 3. The Morgan fingerprint density at radius 3 is 2.41 bits per heavy atom. The molecule has 0 amide bonds. The van der Waals surface area contributed by atoms with Gasteiger partial charge in [0.2, 0.25) is 0 Å². The van der Waals surface area contributed by atoms with Crippen LogP contribution in [-0.2, 0) is 21.1 Å². The van der Waals surface area contributed by atoms with Gasteiger partial charge in [0.15, 0.2) is 0 Å². The van der Waals surface area contributed by atoms with Crippen LogP contribution in [0.3, 0.4) is 0 Å². The molecule has 0 spiro atoms. The maximum absolute atomic E-state index is 13.7. The van der Waals surface area contributed by atoms with Gasteiger partial charge in [-0.1, -0.05) is 48.5 Å². The van der Waals surface area contributed by atoms with Gasteiger partial charge in [0.25, 0.3) is 5.56 Å². The van der Waals surface area contributed by atoms with Gasteiger partial charge < -0.3 is 15.6 Å². The van der Waals surface area contributed by atoms with E-state index in [1.807, 2.05) is 72.4 Å². The highest BCUT2D eigenvalue weighted by atomic mass is 16.2. The van der Waals surface area contributed by atoms with Gasteiger partial charge in [-0.2, -0.15) is 5.26 Å². The first kappa shape index (κ1) is 22.4. The number of aromatic nitrogens is 4. The Kier molecular flexibility index (Phi) is 4.81. The minimum Gasteiger partial charge on any atom is -0.383 e. The lowest BCUT2D eigenvalue weighted by Gasteiger charge is -2.32. The molecule has 37 heavy (non-hydrogen) atoms.